The van der Waals surface area contributed by atoms with Crippen LogP contribution in [0.3, 0.4) is 0 Å². The predicted octanol–water partition coefficient (Wildman–Crippen LogP) is 5.18. The molecule has 0 fully saturated rings. The zero-order chi connectivity index (χ0) is 20.4. The molecule has 4 rings (SSSR count). The standard InChI is InChI=1S/C22H16F3N3O/c23-22(24,25)16-10-8-14(9-11-16)13-26-21(29)20-12-19(27-28-20)18-7-3-5-15-4-1-2-6-17(15)18/h1-12H,13H2,(H,26,29)(H,27,28). The van der Waals surface area contributed by atoms with Crippen molar-refractivity contribution >= 4 is 16.7 Å². The molecule has 0 saturated heterocycles. The molecule has 4 aromatic rings. The number of carbonyl (C=O) groups excluding carboxylic acids is 1. The van der Waals surface area contributed by atoms with Gasteiger partial charge in [0.05, 0.1) is 11.3 Å². The van der Waals surface area contributed by atoms with Crippen molar-refractivity contribution in [3.05, 3.63) is 89.6 Å². The van der Waals surface area contributed by atoms with E-state index < -0.39 is 11.7 Å². The summed E-state index contributed by atoms with van der Waals surface area (Å²) >= 11 is 0. The van der Waals surface area contributed by atoms with E-state index in [1.165, 1.54) is 12.1 Å². The molecule has 1 amide bonds. The summed E-state index contributed by atoms with van der Waals surface area (Å²) in [6, 6.07) is 20.1. The summed E-state index contributed by atoms with van der Waals surface area (Å²) < 4.78 is 37.8. The summed E-state index contributed by atoms with van der Waals surface area (Å²) in [6.45, 7) is 0.111. The number of nitrogens with one attached hydrogen (secondary N) is 2. The van der Waals surface area contributed by atoms with E-state index in [-0.39, 0.29) is 18.1 Å². The van der Waals surface area contributed by atoms with Crippen molar-refractivity contribution in [1.29, 1.82) is 0 Å². The largest absolute Gasteiger partial charge is 0.416 e. The molecule has 29 heavy (non-hydrogen) atoms. The average molecular weight is 395 g/mol. The Morgan fingerprint density at radius 2 is 1.69 bits per heavy atom. The average Bonchev–Trinajstić information content (AvgIpc) is 3.21. The molecular formula is C22H16F3N3O. The van der Waals surface area contributed by atoms with Crippen molar-refractivity contribution in [3.63, 3.8) is 0 Å². The van der Waals surface area contributed by atoms with Gasteiger partial charge >= 0.3 is 6.18 Å². The molecule has 0 atom stereocenters. The Morgan fingerprint density at radius 3 is 2.45 bits per heavy atom. The number of amides is 1. The normalized spacial score (nSPS) is 11.6. The van der Waals surface area contributed by atoms with Crippen LogP contribution in [0.4, 0.5) is 13.2 Å². The molecule has 0 radical (unpaired) electrons. The second kappa shape index (κ2) is 7.43. The van der Waals surface area contributed by atoms with Gasteiger partial charge in [0.25, 0.3) is 5.91 Å². The quantitative estimate of drug-likeness (QED) is 0.500. The predicted molar refractivity (Wildman–Crippen MR) is 104 cm³/mol. The van der Waals surface area contributed by atoms with Crippen LogP contribution in [0.2, 0.25) is 0 Å². The molecule has 0 aliphatic rings. The molecule has 4 nitrogen and oxygen atoms in total. The van der Waals surface area contributed by atoms with Crippen LogP contribution in [0, 0.1) is 0 Å². The van der Waals surface area contributed by atoms with Gasteiger partial charge in [-0.1, -0.05) is 54.6 Å². The third kappa shape index (κ3) is 3.99. The van der Waals surface area contributed by atoms with E-state index in [1.54, 1.807) is 6.07 Å². The number of hydrogen-bond donors (Lipinski definition) is 2. The van der Waals surface area contributed by atoms with Crippen molar-refractivity contribution < 1.29 is 18.0 Å². The number of halogens is 3. The number of aromatic nitrogens is 2. The summed E-state index contributed by atoms with van der Waals surface area (Å²) in [4.78, 5) is 12.4. The summed E-state index contributed by atoms with van der Waals surface area (Å²) in [7, 11) is 0. The number of hydrogen-bond acceptors (Lipinski definition) is 2. The number of aromatic amines is 1. The lowest BCUT2D eigenvalue weighted by Crippen LogP contribution is -2.23. The van der Waals surface area contributed by atoms with Gasteiger partial charge in [0, 0.05) is 12.1 Å². The Balaban J connectivity index is 1.47. The molecule has 0 aliphatic carbocycles. The van der Waals surface area contributed by atoms with Gasteiger partial charge in [-0.25, -0.2) is 0 Å². The highest BCUT2D eigenvalue weighted by Crippen LogP contribution is 2.29. The molecule has 7 heteroatoms. The third-order valence-corrected chi connectivity index (χ3v) is 4.62. The maximum atomic E-state index is 12.6. The zero-order valence-corrected chi connectivity index (χ0v) is 15.1. The number of benzene rings is 3. The van der Waals surface area contributed by atoms with Crippen LogP contribution in [0.15, 0.2) is 72.8 Å². The van der Waals surface area contributed by atoms with Crippen LogP contribution in [-0.2, 0) is 12.7 Å². The number of rotatable bonds is 4. The number of carbonyl (C=O) groups is 1. The van der Waals surface area contributed by atoms with Gasteiger partial charge in [0.15, 0.2) is 0 Å². The van der Waals surface area contributed by atoms with Gasteiger partial charge in [0.1, 0.15) is 5.69 Å². The lowest BCUT2D eigenvalue weighted by molar-refractivity contribution is -0.137. The molecule has 2 N–H and O–H groups in total. The van der Waals surface area contributed by atoms with E-state index in [9.17, 15) is 18.0 Å². The minimum Gasteiger partial charge on any atom is -0.347 e. The topological polar surface area (TPSA) is 57.8 Å². The van der Waals surface area contributed by atoms with E-state index in [1.807, 2.05) is 42.5 Å². The minimum absolute atomic E-state index is 0.111. The van der Waals surface area contributed by atoms with Crippen LogP contribution in [0.5, 0.6) is 0 Å². The highest BCUT2D eigenvalue weighted by Gasteiger charge is 2.29. The number of alkyl halides is 3. The van der Waals surface area contributed by atoms with Crippen LogP contribution in [-0.4, -0.2) is 16.1 Å². The zero-order valence-electron chi connectivity index (χ0n) is 15.1. The fourth-order valence-corrected chi connectivity index (χ4v) is 3.11. The first-order valence-electron chi connectivity index (χ1n) is 8.90. The number of H-pyrrole nitrogens is 1. The molecule has 3 aromatic carbocycles. The molecule has 146 valence electrons. The summed E-state index contributed by atoms with van der Waals surface area (Å²) in [5, 5.41) is 11.7. The number of fused-ring (bicyclic) bond motifs is 1. The molecule has 0 saturated carbocycles. The van der Waals surface area contributed by atoms with Crippen LogP contribution >= 0.6 is 0 Å². The van der Waals surface area contributed by atoms with Gasteiger partial charge in [-0.2, -0.15) is 18.3 Å². The van der Waals surface area contributed by atoms with Crippen LogP contribution in [0.1, 0.15) is 21.6 Å². The van der Waals surface area contributed by atoms with Gasteiger partial charge in [0.2, 0.25) is 0 Å². The molecule has 1 aromatic heterocycles. The molecule has 0 bridgehead atoms. The molecule has 0 aliphatic heterocycles. The Bertz CT molecular complexity index is 1160. The van der Waals surface area contributed by atoms with Gasteiger partial charge in [-0.3, -0.25) is 9.89 Å². The van der Waals surface area contributed by atoms with Crippen molar-refractivity contribution in [2.75, 3.05) is 0 Å². The maximum Gasteiger partial charge on any atom is 0.416 e. The molecular weight excluding hydrogens is 379 g/mol. The maximum absolute atomic E-state index is 12.6. The monoisotopic (exact) mass is 395 g/mol. The van der Waals surface area contributed by atoms with Crippen molar-refractivity contribution in [2.45, 2.75) is 12.7 Å². The Hall–Kier alpha value is -3.61. The van der Waals surface area contributed by atoms with Crippen molar-refractivity contribution in [1.82, 2.24) is 15.5 Å². The first-order chi connectivity index (χ1) is 13.9. The highest BCUT2D eigenvalue weighted by molar-refractivity contribution is 5.98. The molecule has 0 unspecified atom stereocenters. The van der Waals surface area contributed by atoms with E-state index in [4.69, 9.17) is 0 Å². The lowest BCUT2D eigenvalue weighted by Gasteiger charge is -2.08. The van der Waals surface area contributed by atoms with Crippen LogP contribution in [0.25, 0.3) is 22.0 Å². The van der Waals surface area contributed by atoms with Gasteiger partial charge in [-0.15, -0.1) is 0 Å². The summed E-state index contributed by atoms with van der Waals surface area (Å²) in [5.41, 5.74) is 1.67. The smallest absolute Gasteiger partial charge is 0.347 e. The first kappa shape index (κ1) is 18.7. The Morgan fingerprint density at radius 1 is 0.966 bits per heavy atom. The molecule has 1 heterocycles. The second-order valence-electron chi connectivity index (χ2n) is 6.57. The second-order valence-corrected chi connectivity index (χ2v) is 6.57. The van der Waals surface area contributed by atoms with Crippen LogP contribution < -0.4 is 5.32 Å². The SMILES string of the molecule is O=C(NCc1ccc(C(F)(F)F)cc1)c1cc(-c2cccc3ccccc23)n[nH]1. The van der Waals surface area contributed by atoms with E-state index in [0.717, 1.165) is 28.5 Å². The minimum atomic E-state index is -4.38. The Labute approximate surface area is 164 Å². The van der Waals surface area contributed by atoms with Crippen molar-refractivity contribution in [3.8, 4) is 11.3 Å². The fourth-order valence-electron chi connectivity index (χ4n) is 3.11. The number of nitrogens with zero attached hydrogens (tertiary/aromatic N) is 1. The van der Waals surface area contributed by atoms with E-state index in [0.29, 0.717) is 11.3 Å². The van der Waals surface area contributed by atoms with Gasteiger partial charge < -0.3 is 5.32 Å². The third-order valence-electron chi connectivity index (χ3n) is 4.62. The molecule has 0 spiro atoms. The van der Waals surface area contributed by atoms with E-state index in [2.05, 4.69) is 15.5 Å². The summed E-state index contributed by atoms with van der Waals surface area (Å²) in [6.07, 6.45) is -4.38. The fraction of sp³-hybridized carbons (Fsp3) is 0.0909. The van der Waals surface area contributed by atoms with Gasteiger partial charge in [-0.05, 0) is 34.5 Å². The van der Waals surface area contributed by atoms with Crippen molar-refractivity contribution in [2.24, 2.45) is 0 Å². The first-order valence-corrected chi connectivity index (χ1v) is 8.90. The lowest BCUT2D eigenvalue weighted by atomic mass is 10.0. The highest BCUT2D eigenvalue weighted by atomic mass is 19.4. The Kier molecular flexibility index (Phi) is 4.80. The summed E-state index contributed by atoms with van der Waals surface area (Å²) in [5.74, 6) is -0.385. The van der Waals surface area contributed by atoms with E-state index >= 15 is 0 Å².